The Hall–Kier alpha value is -1.28. The molecule has 0 aliphatic heterocycles. The second-order valence-corrected chi connectivity index (χ2v) is 6.06. The van der Waals surface area contributed by atoms with Crippen molar-refractivity contribution in [1.82, 2.24) is 20.9 Å². The van der Waals surface area contributed by atoms with Gasteiger partial charge in [-0.25, -0.2) is 0 Å². The molecular formula is C12H18N4O2S2. The summed E-state index contributed by atoms with van der Waals surface area (Å²) in [6, 6.07) is 0. The van der Waals surface area contributed by atoms with Crippen LogP contribution in [0.15, 0.2) is 0 Å². The van der Waals surface area contributed by atoms with Crippen molar-refractivity contribution in [2.24, 2.45) is 11.8 Å². The van der Waals surface area contributed by atoms with E-state index in [2.05, 4.69) is 10.9 Å². The Morgan fingerprint density at radius 3 is 1.40 bits per heavy atom. The lowest BCUT2D eigenvalue weighted by Crippen LogP contribution is -2.53. The Balaban J connectivity index is 1.77. The molecule has 8 heteroatoms. The summed E-state index contributed by atoms with van der Waals surface area (Å²) in [5.41, 5.74) is 4.92. The highest BCUT2D eigenvalue weighted by atomic mass is 32.1. The van der Waals surface area contributed by atoms with Crippen molar-refractivity contribution in [2.45, 2.75) is 25.7 Å². The first kappa shape index (κ1) is 15.1. The maximum absolute atomic E-state index is 11.8. The average molecular weight is 314 g/mol. The van der Waals surface area contributed by atoms with Crippen LogP contribution in [-0.4, -0.2) is 45.9 Å². The lowest BCUT2D eigenvalue weighted by atomic mass is 10.4. The molecule has 110 valence electrons. The molecule has 0 unspecified atom stereocenters. The number of thiocarbonyl (C=S) groups is 2. The molecule has 0 radical (unpaired) electrons. The normalized spacial score (nSPS) is 17.1. The molecule has 2 amide bonds. The minimum Gasteiger partial charge on any atom is -0.281 e. The smallest absolute Gasteiger partial charge is 0.281 e. The zero-order valence-corrected chi connectivity index (χ0v) is 13.1. The Morgan fingerprint density at radius 2 is 1.15 bits per heavy atom. The first-order chi connectivity index (χ1) is 9.40. The van der Waals surface area contributed by atoms with Crippen LogP contribution in [0.25, 0.3) is 0 Å². The fourth-order valence-corrected chi connectivity index (χ4v) is 2.29. The molecule has 2 fully saturated rings. The van der Waals surface area contributed by atoms with Gasteiger partial charge >= 0.3 is 11.8 Å². The van der Waals surface area contributed by atoms with E-state index in [4.69, 9.17) is 24.4 Å². The summed E-state index contributed by atoms with van der Waals surface area (Å²) in [5.74, 6) is -0.797. The lowest BCUT2D eigenvalue weighted by molar-refractivity contribution is -0.142. The van der Waals surface area contributed by atoms with Crippen molar-refractivity contribution in [3.05, 3.63) is 0 Å². The summed E-state index contributed by atoms with van der Waals surface area (Å²) < 4.78 is 0. The molecule has 6 nitrogen and oxygen atoms in total. The number of rotatable bonds is 2. The van der Waals surface area contributed by atoms with Crippen molar-refractivity contribution in [2.75, 3.05) is 14.1 Å². The largest absolute Gasteiger partial charge is 0.329 e. The standard InChI is InChI=1S/C12H18N4O2S2/c1-15(11(19)7-3-4-7)13-9(17)10(18)14-16(2)12(20)8-5-6-8/h7-8H,3-6H2,1-2H3,(H,13,17)(H,14,18). The zero-order chi connectivity index (χ0) is 14.9. The Bertz CT molecular complexity index is 418. The third kappa shape index (κ3) is 3.86. The van der Waals surface area contributed by atoms with E-state index in [0.717, 1.165) is 25.7 Å². The molecule has 0 spiro atoms. The SMILES string of the molecule is CN(NC(=O)C(=O)NN(C)C(=S)C1CC1)C(=S)C1CC1. The highest BCUT2D eigenvalue weighted by molar-refractivity contribution is 7.80. The van der Waals surface area contributed by atoms with E-state index in [0.29, 0.717) is 21.8 Å². The molecule has 20 heavy (non-hydrogen) atoms. The number of carbonyl (C=O) groups excluding carboxylic acids is 2. The molecule has 2 aliphatic rings. The van der Waals surface area contributed by atoms with Crippen molar-refractivity contribution in [1.29, 1.82) is 0 Å². The highest BCUT2D eigenvalue weighted by Crippen LogP contribution is 2.31. The molecule has 0 aromatic heterocycles. The molecule has 2 aliphatic carbocycles. The third-order valence-electron chi connectivity index (χ3n) is 3.26. The van der Waals surface area contributed by atoms with Gasteiger partial charge in [-0.15, -0.1) is 0 Å². The second kappa shape index (κ2) is 6.01. The summed E-state index contributed by atoms with van der Waals surface area (Å²) in [4.78, 5) is 24.8. The van der Waals surface area contributed by atoms with E-state index >= 15 is 0 Å². The van der Waals surface area contributed by atoms with Gasteiger partial charge in [0.15, 0.2) is 0 Å². The fourth-order valence-electron chi connectivity index (χ4n) is 1.72. The minimum atomic E-state index is -0.749. The van der Waals surface area contributed by atoms with Crippen LogP contribution in [0.5, 0.6) is 0 Å². The maximum atomic E-state index is 11.8. The van der Waals surface area contributed by atoms with Crippen LogP contribution in [0, 0.1) is 11.8 Å². The van der Waals surface area contributed by atoms with Crippen LogP contribution >= 0.6 is 24.4 Å². The lowest BCUT2D eigenvalue weighted by Gasteiger charge is -2.23. The Kier molecular flexibility index (Phi) is 4.54. The highest BCUT2D eigenvalue weighted by Gasteiger charge is 2.31. The topological polar surface area (TPSA) is 64.7 Å². The number of hydrazine groups is 2. The monoisotopic (exact) mass is 314 g/mol. The minimum absolute atomic E-state index is 0.350. The van der Waals surface area contributed by atoms with Crippen molar-refractivity contribution < 1.29 is 9.59 Å². The van der Waals surface area contributed by atoms with E-state index in [1.165, 1.54) is 10.0 Å². The molecule has 2 rings (SSSR count). The van der Waals surface area contributed by atoms with Crippen molar-refractivity contribution in [3.63, 3.8) is 0 Å². The number of carbonyl (C=O) groups is 2. The first-order valence-corrected chi connectivity index (χ1v) is 7.38. The van der Waals surface area contributed by atoms with E-state index in [-0.39, 0.29) is 0 Å². The van der Waals surface area contributed by atoms with Crippen LogP contribution in [-0.2, 0) is 9.59 Å². The summed E-state index contributed by atoms with van der Waals surface area (Å²) in [5, 5.41) is 2.88. The van der Waals surface area contributed by atoms with Crippen LogP contribution in [0.1, 0.15) is 25.7 Å². The summed E-state index contributed by atoms with van der Waals surface area (Å²) >= 11 is 10.4. The predicted octanol–water partition coefficient (Wildman–Crippen LogP) is 0.387. The Labute approximate surface area is 128 Å². The van der Waals surface area contributed by atoms with Gasteiger partial charge in [0.25, 0.3) is 0 Å². The molecule has 0 aromatic rings. The molecular weight excluding hydrogens is 296 g/mol. The van der Waals surface area contributed by atoms with Crippen LogP contribution in [0.4, 0.5) is 0 Å². The van der Waals surface area contributed by atoms with Gasteiger partial charge in [-0.2, -0.15) is 0 Å². The predicted molar refractivity (Wildman–Crippen MR) is 82.5 cm³/mol. The van der Waals surface area contributed by atoms with E-state index < -0.39 is 11.8 Å². The van der Waals surface area contributed by atoms with Gasteiger partial charge in [0, 0.05) is 25.9 Å². The van der Waals surface area contributed by atoms with Gasteiger partial charge in [0.2, 0.25) is 0 Å². The van der Waals surface area contributed by atoms with Crippen LogP contribution in [0.3, 0.4) is 0 Å². The number of nitrogens with zero attached hydrogens (tertiary/aromatic N) is 2. The summed E-state index contributed by atoms with van der Waals surface area (Å²) in [7, 11) is 3.29. The number of hydrogen-bond donors (Lipinski definition) is 2. The number of amides is 2. The fraction of sp³-hybridized carbons (Fsp3) is 0.667. The molecule has 2 saturated carbocycles. The zero-order valence-electron chi connectivity index (χ0n) is 11.5. The molecule has 0 aromatic carbocycles. The maximum Gasteiger partial charge on any atom is 0.329 e. The van der Waals surface area contributed by atoms with Crippen LogP contribution < -0.4 is 10.9 Å². The van der Waals surface area contributed by atoms with E-state index in [1.807, 2.05) is 0 Å². The van der Waals surface area contributed by atoms with Crippen molar-refractivity contribution in [3.8, 4) is 0 Å². The van der Waals surface area contributed by atoms with E-state index in [1.54, 1.807) is 14.1 Å². The third-order valence-corrected chi connectivity index (χ3v) is 4.47. The summed E-state index contributed by atoms with van der Waals surface area (Å²) in [6.07, 6.45) is 4.18. The molecule has 0 saturated heterocycles. The van der Waals surface area contributed by atoms with E-state index in [9.17, 15) is 9.59 Å². The van der Waals surface area contributed by atoms with Crippen LogP contribution in [0.2, 0.25) is 0 Å². The van der Waals surface area contributed by atoms with Gasteiger partial charge in [0.05, 0.1) is 9.98 Å². The molecule has 0 atom stereocenters. The Morgan fingerprint density at radius 1 is 0.850 bits per heavy atom. The van der Waals surface area contributed by atoms with Gasteiger partial charge in [0.1, 0.15) is 0 Å². The van der Waals surface area contributed by atoms with Crippen molar-refractivity contribution >= 4 is 46.2 Å². The van der Waals surface area contributed by atoms with Gasteiger partial charge < -0.3 is 0 Å². The quantitative estimate of drug-likeness (QED) is 0.437. The summed E-state index contributed by atoms with van der Waals surface area (Å²) in [6.45, 7) is 0. The average Bonchev–Trinajstić information content (AvgIpc) is 3.29. The van der Waals surface area contributed by atoms with Gasteiger partial charge in [-0.05, 0) is 25.7 Å². The molecule has 0 bridgehead atoms. The second-order valence-electron chi connectivity index (χ2n) is 5.22. The number of nitrogens with one attached hydrogen (secondary N) is 2. The van der Waals surface area contributed by atoms with Gasteiger partial charge in [-0.3, -0.25) is 30.5 Å². The first-order valence-electron chi connectivity index (χ1n) is 6.57. The van der Waals surface area contributed by atoms with Gasteiger partial charge in [-0.1, -0.05) is 24.4 Å². The number of hydrogen-bond acceptors (Lipinski definition) is 4. The molecule has 0 heterocycles. The molecule has 2 N–H and O–H groups in total.